The summed E-state index contributed by atoms with van der Waals surface area (Å²) in [4.78, 5) is 20.2. The van der Waals surface area contributed by atoms with Gasteiger partial charge in [-0.05, 0) is 31.9 Å². The number of aromatic nitrogens is 5. The molecule has 2 aliphatic heterocycles. The number of fused-ring (bicyclic) bond motifs is 1. The van der Waals surface area contributed by atoms with Gasteiger partial charge in [-0.2, -0.15) is 14.6 Å². The van der Waals surface area contributed by atoms with Gasteiger partial charge in [-0.25, -0.2) is 9.97 Å². The normalized spacial score (nSPS) is 17.8. The highest BCUT2D eigenvalue weighted by Gasteiger charge is 2.22. The number of hydrogen-bond acceptors (Lipinski definition) is 8. The molecule has 172 valence electrons. The van der Waals surface area contributed by atoms with Gasteiger partial charge in [0.25, 0.3) is 5.78 Å². The largest absolute Gasteiger partial charge is 0.365 e. The number of anilines is 2. The molecule has 0 spiro atoms. The number of ether oxygens (including phenoxy) is 1. The average molecular weight is 447 g/mol. The van der Waals surface area contributed by atoms with Crippen molar-refractivity contribution in [1.82, 2.24) is 29.5 Å². The summed E-state index contributed by atoms with van der Waals surface area (Å²) in [5, 5.41) is 4.32. The van der Waals surface area contributed by atoms with Gasteiger partial charge in [-0.3, -0.25) is 4.90 Å². The highest BCUT2D eigenvalue weighted by atomic mass is 16.5. The monoisotopic (exact) mass is 446 g/mol. The van der Waals surface area contributed by atoms with Crippen molar-refractivity contribution in [3.05, 3.63) is 42.5 Å². The number of pyridine rings is 1. The van der Waals surface area contributed by atoms with Crippen LogP contribution in [0.1, 0.15) is 18.5 Å². The Kier molecular flexibility index (Phi) is 6.65. The van der Waals surface area contributed by atoms with Gasteiger partial charge >= 0.3 is 0 Å². The molecule has 0 saturated carbocycles. The van der Waals surface area contributed by atoms with E-state index in [2.05, 4.69) is 58.7 Å². The van der Waals surface area contributed by atoms with E-state index in [1.54, 1.807) is 6.33 Å². The summed E-state index contributed by atoms with van der Waals surface area (Å²) < 4.78 is 7.86. The number of hydrogen-bond donors (Lipinski definition) is 0. The molecule has 0 aromatic carbocycles. The van der Waals surface area contributed by atoms with E-state index in [9.17, 15) is 0 Å². The maximum Gasteiger partial charge on any atom is 0.254 e. The van der Waals surface area contributed by atoms with Gasteiger partial charge in [0.05, 0.1) is 12.6 Å². The van der Waals surface area contributed by atoms with Gasteiger partial charge in [-0.15, -0.1) is 0 Å². The maximum absolute atomic E-state index is 6.05. The third-order valence-corrected chi connectivity index (χ3v) is 6.29. The zero-order valence-electron chi connectivity index (χ0n) is 19.1. The quantitative estimate of drug-likeness (QED) is 0.548. The Labute approximate surface area is 194 Å². The molecule has 0 aliphatic carbocycles. The average Bonchev–Trinajstić information content (AvgIpc) is 3.33. The first-order valence-corrected chi connectivity index (χ1v) is 11.6. The molecule has 5 heterocycles. The number of aryl methyl sites for hydroxylation is 1. The molecule has 0 amide bonds. The number of piperazine rings is 1. The van der Waals surface area contributed by atoms with Crippen molar-refractivity contribution in [2.75, 3.05) is 62.2 Å². The van der Waals surface area contributed by atoms with E-state index in [1.807, 2.05) is 29.8 Å². The SMILES string of the molecule is Cc1cc(N2CCC(OCC#CCN3CCN(c4ccccn4)CC3)CC2)n2ncnc2n1. The lowest BCUT2D eigenvalue weighted by Crippen LogP contribution is -2.46. The van der Waals surface area contributed by atoms with Gasteiger partial charge in [0.15, 0.2) is 0 Å². The first-order chi connectivity index (χ1) is 16.3. The fourth-order valence-electron chi connectivity index (χ4n) is 4.44. The minimum absolute atomic E-state index is 0.256. The third kappa shape index (κ3) is 5.24. The smallest absolute Gasteiger partial charge is 0.254 e. The van der Waals surface area contributed by atoms with Gasteiger partial charge in [0.1, 0.15) is 24.6 Å². The van der Waals surface area contributed by atoms with E-state index >= 15 is 0 Å². The summed E-state index contributed by atoms with van der Waals surface area (Å²) in [7, 11) is 0. The number of piperidine rings is 1. The van der Waals surface area contributed by atoms with Crippen LogP contribution in [0.2, 0.25) is 0 Å². The van der Waals surface area contributed by atoms with E-state index in [4.69, 9.17) is 4.74 Å². The molecule has 9 nitrogen and oxygen atoms in total. The van der Waals surface area contributed by atoms with Gasteiger partial charge in [0.2, 0.25) is 0 Å². The van der Waals surface area contributed by atoms with Gasteiger partial charge < -0.3 is 14.5 Å². The Morgan fingerprint density at radius 3 is 2.64 bits per heavy atom. The van der Waals surface area contributed by atoms with Crippen LogP contribution in [-0.2, 0) is 4.74 Å². The van der Waals surface area contributed by atoms with Crippen molar-refractivity contribution < 1.29 is 4.74 Å². The van der Waals surface area contributed by atoms with Crippen LogP contribution in [0.4, 0.5) is 11.6 Å². The van der Waals surface area contributed by atoms with Crippen molar-refractivity contribution in [3.63, 3.8) is 0 Å². The Balaban J connectivity index is 1.02. The second kappa shape index (κ2) is 10.1. The molecule has 0 atom stereocenters. The van der Waals surface area contributed by atoms with E-state index in [0.29, 0.717) is 12.4 Å². The highest BCUT2D eigenvalue weighted by Crippen LogP contribution is 2.22. The Bertz CT molecular complexity index is 1110. The first-order valence-electron chi connectivity index (χ1n) is 11.6. The molecule has 3 aromatic rings. The molecule has 5 rings (SSSR count). The van der Waals surface area contributed by atoms with Crippen LogP contribution in [0, 0.1) is 18.8 Å². The molecule has 2 aliphatic rings. The summed E-state index contributed by atoms with van der Waals surface area (Å²) >= 11 is 0. The summed E-state index contributed by atoms with van der Waals surface area (Å²) in [6.07, 6.45) is 5.63. The van der Waals surface area contributed by atoms with Crippen LogP contribution in [0.3, 0.4) is 0 Å². The van der Waals surface area contributed by atoms with E-state index in [1.165, 1.54) is 0 Å². The lowest BCUT2D eigenvalue weighted by atomic mass is 10.1. The molecule has 2 fully saturated rings. The summed E-state index contributed by atoms with van der Waals surface area (Å²) in [6, 6.07) is 8.15. The molecule has 0 bridgehead atoms. The Morgan fingerprint density at radius 1 is 1.00 bits per heavy atom. The predicted molar refractivity (Wildman–Crippen MR) is 127 cm³/mol. The van der Waals surface area contributed by atoms with Crippen LogP contribution in [0.25, 0.3) is 5.78 Å². The second-order valence-electron chi connectivity index (χ2n) is 8.53. The lowest BCUT2D eigenvalue weighted by molar-refractivity contribution is 0.0593. The van der Waals surface area contributed by atoms with Crippen LogP contribution < -0.4 is 9.80 Å². The topological polar surface area (TPSA) is 74.9 Å². The molecule has 33 heavy (non-hydrogen) atoms. The molecule has 0 N–H and O–H groups in total. The second-order valence-corrected chi connectivity index (χ2v) is 8.53. The van der Waals surface area contributed by atoms with Crippen molar-refractivity contribution in [2.24, 2.45) is 0 Å². The van der Waals surface area contributed by atoms with Gasteiger partial charge in [-0.1, -0.05) is 17.9 Å². The van der Waals surface area contributed by atoms with Crippen molar-refractivity contribution in [1.29, 1.82) is 0 Å². The zero-order valence-corrected chi connectivity index (χ0v) is 19.1. The maximum atomic E-state index is 6.05. The van der Waals surface area contributed by atoms with Crippen LogP contribution in [0.15, 0.2) is 36.8 Å². The third-order valence-electron chi connectivity index (χ3n) is 6.29. The molecular weight excluding hydrogens is 416 g/mol. The Morgan fingerprint density at radius 2 is 1.85 bits per heavy atom. The summed E-state index contributed by atoms with van der Waals surface area (Å²) in [5.41, 5.74) is 0.956. The lowest BCUT2D eigenvalue weighted by Gasteiger charge is -2.34. The van der Waals surface area contributed by atoms with E-state index < -0.39 is 0 Å². The van der Waals surface area contributed by atoms with Crippen molar-refractivity contribution in [3.8, 4) is 11.8 Å². The van der Waals surface area contributed by atoms with Crippen molar-refractivity contribution in [2.45, 2.75) is 25.9 Å². The van der Waals surface area contributed by atoms with Crippen molar-refractivity contribution >= 4 is 17.4 Å². The minimum Gasteiger partial charge on any atom is -0.365 e. The molecule has 0 radical (unpaired) electrons. The fourth-order valence-corrected chi connectivity index (χ4v) is 4.44. The zero-order chi connectivity index (χ0) is 22.5. The van der Waals surface area contributed by atoms with E-state index in [-0.39, 0.29) is 6.10 Å². The predicted octanol–water partition coefficient (Wildman–Crippen LogP) is 1.64. The number of nitrogens with zero attached hydrogens (tertiary/aromatic N) is 8. The first kappa shape index (κ1) is 21.6. The molecule has 2 saturated heterocycles. The molecule has 3 aromatic heterocycles. The summed E-state index contributed by atoms with van der Waals surface area (Å²) in [5.74, 6) is 9.26. The highest BCUT2D eigenvalue weighted by molar-refractivity contribution is 5.47. The van der Waals surface area contributed by atoms with Crippen LogP contribution >= 0.6 is 0 Å². The fraction of sp³-hybridized carbons (Fsp3) is 0.500. The minimum atomic E-state index is 0.256. The summed E-state index contributed by atoms with van der Waals surface area (Å²) in [6.45, 7) is 9.15. The standard InChI is InChI=1S/C24H30N8O/c1-20-18-23(32-24(28-20)26-19-27-32)31-11-7-21(8-12-31)33-17-5-4-10-29-13-15-30(16-14-29)22-6-2-3-9-25-22/h2-3,6,9,18-19,21H,7-8,10-17H2,1H3. The molecule has 9 heteroatoms. The Hall–Kier alpha value is -3.22. The molecule has 0 unspecified atom stereocenters. The number of rotatable bonds is 5. The van der Waals surface area contributed by atoms with Crippen LogP contribution in [0.5, 0.6) is 0 Å². The van der Waals surface area contributed by atoms with Gasteiger partial charge in [0, 0.05) is 57.2 Å². The molecular formula is C24H30N8O. The van der Waals surface area contributed by atoms with E-state index in [0.717, 1.165) is 76.0 Å². The van der Waals surface area contributed by atoms with Crippen LogP contribution in [-0.4, -0.2) is 88.0 Å².